The zero-order valence-electron chi connectivity index (χ0n) is 12.8. The van der Waals surface area contributed by atoms with Crippen LogP contribution in [0.1, 0.15) is 15.9 Å². The molecule has 2 rings (SSSR count). The Bertz CT molecular complexity index is 675. The van der Waals surface area contributed by atoms with Crippen LogP contribution in [0.2, 0.25) is 0 Å². The van der Waals surface area contributed by atoms with Crippen molar-refractivity contribution in [1.82, 2.24) is 0 Å². The topological polar surface area (TPSA) is 44.8 Å². The molecule has 0 aromatic heterocycles. The van der Waals surface area contributed by atoms with Crippen molar-refractivity contribution in [2.45, 2.75) is 0 Å². The number of ether oxygens (including phenoxy) is 3. The van der Waals surface area contributed by atoms with E-state index in [-0.39, 0.29) is 5.78 Å². The molecule has 0 atom stereocenters. The minimum Gasteiger partial charge on any atom is -0.496 e. The summed E-state index contributed by atoms with van der Waals surface area (Å²) in [6.45, 7) is 0. The molecule has 4 nitrogen and oxygen atoms in total. The Kier molecular flexibility index (Phi) is 5.20. The average molecular weight is 298 g/mol. The number of hydrogen-bond acceptors (Lipinski definition) is 4. The predicted octanol–water partition coefficient (Wildman–Crippen LogP) is 3.61. The second-order valence-electron chi connectivity index (χ2n) is 4.52. The van der Waals surface area contributed by atoms with Crippen LogP contribution in [0.4, 0.5) is 0 Å². The zero-order chi connectivity index (χ0) is 15.9. The Hall–Kier alpha value is -2.75. The number of hydrogen-bond donors (Lipinski definition) is 0. The van der Waals surface area contributed by atoms with Gasteiger partial charge in [0.05, 0.1) is 26.9 Å². The fourth-order valence-electron chi connectivity index (χ4n) is 2.05. The zero-order valence-corrected chi connectivity index (χ0v) is 12.8. The maximum absolute atomic E-state index is 12.4. The lowest BCUT2D eigenvalue weighted by Gasteiger charge is -2.12. The van der Waals surface area contributed by atoms with Crippen molar-refractivity contribution in [3.63, 3.8) is 0 Å². The molecule has 0 bridgehead atoms. The predicted molar refractivity (Wildman–Crippen MR) is 85.9 cm³/mol. The molecule has 0 saturated heterocycles. The minimum atomic E-state index is -0.165. The molecule has 0 unspecified atom stereocenters. The van der Waals surface area contributed by atoms with Crippen LogP contribution >= 0.6 is 0 Å². The second kappa shape index (κ2) is 7.31. The first-order valence-corrected chi connectivity index (χ1v) is 6.77. The van der Waals surface area contributed by atoms with E-state index in [0.29, 0.717) is 22.8 Å². The molecule has 22 heavy (non-hydrogen) atoms. The van der Waals surface area contributed by atoms with Crippen LogP contribution in [-0.2, 0) is 0 Å². The van der Waals surface area contributed by atoms with Gasteiger partial charge in [0, 0.05) is 6.07 Å². The van der Waals surface area contributed by atoms with Gasteiger partial charge < -0.3 is 14.2 Å². The summed E-state index contributed by atoms with van der Waals surface area (Å²) < 4.78 is 15.7. The lowest BCUT2D eigenvalue weighted by Crippen LogP contribution is -2.01. The highest BCUT2D eigenvalue weighted by Crippen LogP contribution is 2.34. The van der Waals surface area contributed by atoms with Crippen LogP contribution in [0.15, 0.2) is 48.5 Å². The molecule has 2 aromatic carbocycles. The summed E-state index contributed by atoms with van der Waals surface area (Å²) in [7, 11) is 4.57. The maximum Gasteiger partial charge on any atom is 0.189 e. The molecule has 4 heteroatoms. The summed E-state index contributed by atoms with van der Waals surface area (Å²) in [4.78, 5) is 12.4. The SMILES string of the molecule is COc1cc(OC)c(C(=O)/C=C/c2ccccc2)cc1OC. The highest BCUT2D eigenvalue weighted by molar-refractivity contribution is 6.09. The van der Waals surface area contributed by atoms with E-state index in [0.717, 1.165) is 5.56 Å². The first-order chi connectivity index (χ1) is 10.7. The van der Waals surface area contributed by atoms with Gasteiger partial charge in [-0.1, -0.05) is 36.4 Å². The maximum atomic E-state index is 12.4. The van der Waals surface area contributed by atoms with Gasteiger partial charge in [0.1, 0.15) is 5.75 Å². The highest BCUT2D eigenvalue weighted by atomic mass is 16.5. The largest absolute Gasteiger partial charge is 0.496 e. The quantitative estimate of drug-likeness (QED) is 0.603. The molecular formula is C18H18O4. The summed E-state index contributed by atoms with van der Waals surface area (Å²) in [5, 5.41) is 0. The molecule has 0 heterocycles. The molecule has 0 aliphatic rings. The van der Waals surface area contributed by atoms with Gasteiger partial charge >= 0.3 is 0 Å². The third-order valence-corrected chi connectivity index (χ3v) is 3.20. The number of carbonyl (C=O) groups excluding carboxylic acids is 1. The smallest absolute Gasteiger partial charge is 0.189 e. The molecule has 0 aliphatic heterocycles. The van der Waals surface area contributed by atoms with E-state index in [4.69, 9.17) is 14.2 Å². The summed E-state index contributed by atoms with van der Waals surface area (Å²) in [5.74, 6) is 1.28. The first-order valence-electron chi connectivity index (χ1n) is 6.77. The number of ketones is 1. The Balaban J connectivity index is 2.34. The normalized spacial score (nSPS) is 10.5. The van der Waals surface area contributed by atoms with Gasteiger partial charge in [0.15, 0.2) is 17.3 Å². The number of benzene rings is 2. The van der Waals surface area contributed by atoms with E-state index in [9.17, 15) is 4.79 Å². The molecule has 0 aliphatic carbocycles. The average Bonchev–Trinajstić information content (AvgIpc) is 2.59. The van der Waals surface area contributed by atoms with Crippen molar-refractivity contribution >= 4 is 11.9 Å². The fraction of sp³-hybridized carbons (Fsp3) is 0.167. The standard InChI is InChI=1S/C18H18O4/c1-20-16-12-18(22-3)17(21-2)11-14(16)15(19)10-9-13-7-5-4-6-8-13/h4-12H,1-3H3/b10-9+. The van der Waals surface area contributed by atoms with Crippen molar-refractivity contribution in [3.05, 3.63) is 59.7 Å². The summed E-state index contributed by atoms with van der Waals surface area (Å²) in [5.41, 5.74) is 1.38. The Morgan fingerprint density at radius 1 is 0.864 bits per heavy atom. The van der Waals surface area contributed by atoms with Crippen LogP contribution < -0.4 is 14.2 Å². The number of allylic oxidation sites excluding steroid dienone is 1. The third kappa shape index (κ3) is 3.47. The highest BCUT2D eigenvalue weighted by Gasteiger charge is 2.15. The molecule has 114 valence electrons. The summed E-state index contributed by atoms with van der Waals surface area (Å²) >= 11 is 0. The van der Waals surface area contributed by atoms with Crippen LogP contribution in [-0.4, -0.2) is 27.1 Å². The molecular weight excluding hydrogens is 280 g/mol. The van der Waals surface area contributed by atoms with Gasteiger partial charge in [0.2, 0.25) is 0 Å². The van der Waals surface area contributed by atoms with Gasteiger partial charge in [-0.25, -0.2) is 0 Å². The van der Waals surface area contributed by atoms with E-state index in [1.54, 1.807) is 18.2 Å². The number of carbonyl (C=O) groups is 1. The first kappa shape index (κ1) is 15.6. The molecule has 0 saturated carbocycles. The van der Waals surface area contributed by atoms with Crippen LogP contribution in [0.3, 0.4) is 0 Å². The van der Waals surface area contributed by atoms with E-state index >= 15 is 0 Å². The summed E-state index contributed by atoms with van der Waals surface area (Å²) in [6, 6.07) is 12.9. The lowest BCUT2D eigenvalue weighted by molar-refractivity contribution is 0.104. The number of rotatable bonds is 6. The van der Waals surface area contributed by atoms with Crippen molar-refractivity contribution in [2.24, 2.45) is 0 Å². The van der Waals surface area contributed by atoms with Crippen molar-refractivity contribution in [1.29, 1.82) is 0 Å². The second-order valence-corrected chi connectivity index (χ2v) is 4.52. The van der Waals surface area contributed by atoms with Gasteiger partial charge in [0.25, 0.3) is 0 Å². The van der Waals surface area contributed by atoms with Gasteiger partial charge in [-0.3, -0.25) is 4.79 Å². The fourth-order valence-corrected chi connectivity index (χ4v) is 2.05. The Morgan fingerprint density at radius 3 is 2.05 bits per heavy atom. The van der Waals surface area contributed by atoms with E-state index in [1.807, 2.05) is 30.3 Å². The molecule has 2 aromatic rings. The van der Waals surface area contributed by atoms with Crippen LogP contribution in [0, 0.1) is 0 Å². The van der Waals surface area contributed by atoms with Crippen LogP contribution in [0.5, 0.6) is 17.2 Å². The lowest BCUT2D eigenvalue weighted by atomic mass is 10.1. The minimum absolute atomic E-state index is 0.165. The van der Waals surface area contributed by atoms with E-state index < -0.39 is 0 Å². The molecule has 0 amide bonds. The van der Waals surface area contributed by atoms with Crippen molar-refractivity contribution in [3.8, 4) is 17.2 Å². The van der Waals surface area contributed by atoms with Crippen LogP contribution in [0.25, 0.3) is 6.08 Å². The monoisotopic (exact) mass is 298 g/mol. The Labute approximate surface area is 129 Å². The number of methoxy groups -OCH3 is 3. The molecule has 0 spiro atoms. The van der Waals surface area contributed by atoms with Gasteiger partial charge in [-0.15, -0.1) is 0 Å². The van der Waals surface area contributed by atoms with Crippen molar-refractivity contribution in [2.75, 3.05) is 21.3 Å². The van der Waals surface area contributed by atoms with Gasteiger partial charge in [-0.2, -0.15) is 0 Å². The van der Waals surface area contributed by atoms with E-state index in [2.05, 4.69) is 0 Å². The van der Waals surface area contributed by atoms with Gasteiger partial charge in [-0.05, 0) is 17.7 Å². The third-order valence-electron chi connectivity index (χ3n) is 3.20. The van der Waals surface area contributed by atoms with Crippen molar-refractivity contribution < 1.29 is 19.0 Å². The molecule has 0 N–H and O–H groups in total. The molecule has 0 radical (unpaired) electrons. The van der Waals surface area contributed by atoms with E-state index in [1.165, 1.54) is 27.4 Å². The Morgan fingerprint density at radius 2 is 1.45 bits per heavy atom. The molecule has 0 fully saturated rings. The summed E-state index contributed by atoms with van der Waals surface area (Å²) in [6.07, 6.45) is 3.28.